The van der Waals surface area contributed by atoms with Gasteiger partial charge in [-0.1, -0.05) is 86.6 Å². The molecule has 31 heavy (non-hydrogen) atoms. The summed E-state index contributed by atoms with van der Waals surface area (Å²) in [6, 6.07) is 27.2. The summed E-state index contributed by atoms with van der Waals surface area (Å²) in [5.74, 6) is 0.540. The zero-order valence-electron chi connectivity index (χ0n) is 18.2. The minimum absolute atomic E-state index is 0.0513. The molecule has 162 valence electrons. The summed E-state index contributed by atoms with van der Waals surface area (Å²) >= 11 is 0. The highest BCUT2D eigenvalue weighted by Crippen LogP contribution is 2.31. The van der Waals surface area contributed by atoms with Crippen molar-refractivity contribution in [3.8, 4) is 5.75 Å². The van der Waals surface area contributed by atoms with Crippen molar-refractivity contribution in [1.29, 1.82) is 0 Å². The molecule has 1 amide bonds. The summed E-state index contributed by atoms with van der Waals surface area (Å²) < 4.78 is 5.97. The molecule has 0 aliphatic carbocycles. The lowest BCUT2D eigenvalue weighted by Gasteiger charge is -2.25. The highest BCUT2D eigenvalue weighted by Gasteiger charge is 2.26. The van der Waals surface area contributed by atoms with Gasteiger partial charge in [-0.05, 0) is 41.2 Å². The maximum Gasteiger partial charge on any atom is 0.224 e. The first-order chi connectivity index (χ1) is 15.1. The molecule has 0 saturated carbocycles. The van der Waals surface area contributed by atoms with E-state index in [1.165, 1.54) is 0 Å². The zero-order valence-corrected chi connectivity index (χ0v) is 18.2. The molecule has 2 N–H and O–H groups in total. The number of carbonyl (C=O) groups excluding carboxylic acids is 1. The van der Waals surface area contributed by atoms with E-state index in [1.54, 1.807) is 0 Å². The van der Waals surface area contributed by atoms with Crippen molar-refractivity contribution >= 4 is 5.91 Å². The molecule has 0 spiro atoms. The number of aliphatic hydroxyl groups excluding tert-OH is 1. The minimum Gasteiger partial charge on any atom is -0.489 e. The van der Waals surface area contributed by atoms with Crippen LogP contribution in [0.3, 0.4) is 0 Å². The number of rotatable bonds is 10. The molecule has 0 fully saturated rings. The molecule has 0 aliphatic heterocycles. The van der Waals surface area contributed by atoms with Crippen molar-refractivity contribution in [2.45, 2.75) is 38.8 Å². The first-order valence-electron chi connectivity index (χ1n) is 10.8. The summed E-state index contributed by atoms with van der Waals surface area (Å²) in [7, 11) is 0. The van der Waals surface area contributed by atoms with Gasteiger partial charge in [-0.3, -0.25) is 4.79 Å². The van der Waals surface area contributed by atoms with E-state index < -0.39 is 6.04 Å². The van der Waals surface area contributed by atoms with Crippen molar-refractivity contribution in [2.75, 3.05) is 6.61 Å². The average molecular weight is 418 g/mol. The normalized spacial score (nSPS) is 13.8. The van der Waals surface area contributed by atoms with Crippen LogP contribution in [0.1, 0.15) is 48.9 Å². The quantitative estimate of drug-likeness (QED) is 0.474. The highest BCUT2D eigenvalue weighted by molar-refractivity contribution is 5.80. The molecule has 0 heterocycles. The van der Waals surface area contributed by atoms with Crippen LogP contribution < -0.4 is 10.1 Å². The standard InChI is InChI=1S/C27H31NO3/c1-3-25(20(2)27(30)28-26(18-29)22-13-8-5-9-14-22)23-15-10-16-24(17-23)31-19-21-11-6-4-7-12-21/h4-17,20,25-26,29H,3,18-19H2,1-2H3,(H,28,30)/t20-,25-,26+/m1/s1. The van der Waals surface area contributed by atoms with Crippen LogP contribution in [0, 0.1) is 5.92 Å². The van der Waals surface area contributed by atoms with Gasteiger partial charge in [0.25, 0.3) is 0 Å². The van der Waals surface area contributed by atoms with E-state index in [2.05, 4.69) is 12.2 Å². The van der Waals surface area contributed by atoms with Crippen molar-refractivity contribution in [3.63, 3.8) is 0 Å². The molecule has 0 saturated heterocycles. The summed E-state index contributed by atoms with van der Waals surface area (Å²) in [4.78, 5) is 13.0. The van der Waals surface area contributed by atoms with E-state index in [0.29, 0.717) is 6.61 Å². The molecular weight excluding hydrogens is 386 g/mol. The van der Waals surface area contributed by atoms with Crippen LogP contribution in [0.5, 0.6) is 5.75 Å². The summed E-state index contributed by atoms with van der Waals surface area (Å²) in [5, 5.41) is 12.8. The number of hydrogen-bond acceptors (Lipinski definition) is 3. The number of carbonyl (C=O) groups is 1. The van der Waals surface area contributed by atoms with Crippen LogP contribution in [0.4, 0.5) is 0 Å². The van der Waals surface area contributed by atoms with E-state index in [4.69, 9.17) is 4.74 Å². The fourth-order valence-electron chi connectivity index (χ4n) is 3.86. The van der Waals surface area contributed by atoms with Gasteiger partial charge in [0.05, 0.1) is 12.6 Å². The van der Waals surface area contributed by atoms with Gasteiger partial charge in [0.1, 0.15) is 12.4 Å². The molecule has 3 aromatic rings. The topological polar surface area (TPSA) is 58.6 Å². The molecule has 4 nitrogen and oxygen atoms in total. The predicted molar refractivity (Wildman–Crippen MR) is 124 cm³/mol. The summed E-state index contributed by atoms with van der Waals surface area (Å²) in [6.07, 6.45) is 0.825. The average Bonchev–Trinajstić information content (AvgIpc) is 2.83. The van der Waals surface area contributed by atoms with Gasteiger partial charge in [-0.25, -0.2) is 0 Å². The zero-order chi connectivity index (χ0) is 22.1. The fourth-order valence-corrected chi connectivity index (χ4v) is 3.86. The van der Waals surface area contributed by atoms with Crippen LogP contribution in [0.2, 0.25) is 0 Å². The number of ether oxygens (including phenoxy) is 1. The maximum atomic E-state index is 13.0. The summed E-state index contributed by atoms with van der Waals surface area (Å²) in [6.45, 7) is 4.40. The smallest absolute Gasteiger partial charge is 0.224 e. The molecule has 4 heteroatoms. The second-order valence-electron chi connectivity index (χ2n) is 7.80. The lowest BCUT2D eigenvalue weighted by Crippen LogP contribution is -2.36. The molecule has 0 radical (unpaired) electrons. The Labute approximate surface area is 184 Å². The number of amides is 1. The largest absolute Gasteiger partial charge is 0.489 e. The van der Waals surface area contributed by atoms with Crippen molar-refractivity contribution in [2.24, 2.45) is 5.92 Å². The van der Waals surface area contributed by atoms with E-state index in [0.717, 1.165) is 28.9 Å². The Morgan fingerprint density at radius 3 is 2.23 bits per heavy atom. The number of hydrogen-bond donors (Lipinski definition) is 2. The highest BCUT2D eigenvalue weighted by atomic mass is 16.5. The lowest BCUT2D eigenvalue weighted by molar-refractivity contribution is -0.126. The van der Waals surface area contributed by atoms with Gasteiger partial charge in [0, 0.05) is 5.92 Å². The Hall–Kier alpha value is -3.11. The Balaban J connectivity index is 1.68. The fraction of sp³-hybridized carbons (Fsp3) is 0.296. The first-order valence-corrected chi connectivity index (χ1v) is 10.8. The molecule has 0 unspecified atom stereocenters. The molecular formula is C27H31NO3. The van der Waals surface area contributed by atoms with Crippen LogP contribution in [-0.2, 0) is 11.4 Å². The molecule has 3 rings (SSSR count). The van der Waals surface area contributed by atoms with Crippen LogP contribution in [0.15, 0.2) is 84.9 Å². The van der Waals surface area contributed by atoms with Gasteiger partial charge >= 0.3 is 0 Å². The predicted octanol–water partition coefficient (Wildman–Crippen LogP) is 5.25. The molecule has 0 aliphatic rings. The Morgan fingerprint density at radius 2 is 1.58 bits per heavy atom. The van der Waals surface area contributed by atoms with Crippen LogP contribution in [0.25, 0.3) is 0 Å². The molecule has 3 aromatic carbocycles. The second kappa shape index (κ2) is 11.3. The van der Waals surface area contributed by atoms with Crippen LogP contribution >= 0.6 is 0 Å². The van der Waals surface area contributed by atoms with Crippen molar-refractivity contribution in [1.82, 2.24) is 5.32 Å². The van der Waals surface area contributed by atoms with Gasteiger partial charge in [0.15, 0.2) is 0 Å². The van der Waals surface area contributed by atoms with Gasteiger partial charge < -0.3 is 15.2 Å². The van der Waals surface area contributed by atoms with E-state index in [1.807, 2.05) is 91.9 Å². The van der Waals surface area contributed by atoms with E-state index in [-0.39, 0.29) is 24.3 Å². The number of nitrogens with one attached hydrogen (secondary N) is 1. The van der Waals surface area contributed by atoms with Crippen molar-refractivity contribution in [3.05, 3.63) is 102 Å². The third-order valence-corrected chi connectivity index (χ3v) is 5.69. The van der Waals surface area contributed by atoms with Gasteiger partial charge in [-0.15, -0.1) is 0 Å². The molecule has 3 atom stereocenters. The van der Waals surface area contributed by atoms with Gasteiger partial charge in [-0.2, -0.15) is 0 Å². The Bertz CT molecular complexity index is 943. The number of aliphatic hydroxyl groups is 1. The SMILES string of the molecule is CC[C@@H](c1cccc(OCc2ccccc2)c1)[C@@H](C)C(=O)N[C@@H](CO)c1ccccc1. The Morgan fingerprint density at radius 1 is 0.935 bits per heavy atom. The van der Waals surface area contributed by atoms with Crippen molar-refractivity contribution < 1.29 is 14.6 Å². The second-order valence-corrected chi connectivity index (χ2v) is 7.80. The maximum absolute atomic E-state index is 13.0. The Kier molecular flexibility index (Phi) is 8.25. The monoisotopic (exact) mass is 417 g/mol. The third-order valence-electron chi connectivity index (χ3n) is 5.69. The van der Waals surface area contributed by atoms with Crippen LogP contribution in [-0.4, -0.2) is 17.6 Å². The molecule has 0 aromatic heterocycles. The minimum atomic E-state index is -0.408. The van der Waals surface area contributed by atoms with Gasteiger partial charge in [0.2, 0.25) is 5.91 Å². The lowest BCUT2D eigenvalue weighted by atomic mass is 9.84. The summed E-state index contributed by atoms with van der Waals surface area (Å²) in [5.41, 5.74) is 3.09. The first kappa shape index (κ1) is 22.6. The third kappa shape index (κ3) is 6.19. The molecule has 0 bridgehead atoms. The van der Waals surface area contributed by atoms with E-state index in [9.17, 15) is 9.90 Å². The van der Waals surface area contributed by atoms with E-state index >= 15 is 0 Å². The number of benzene rings is 3.